The fraction of sp³-hybridized carbons (Fsp3) is 0.800. The summed E-state index contributed by atoms with van der Waals surface area (Å²) in [5.41, 5.74) is 0. The van der Waals surface area contributed by atoms with Gasteiger partial charge >= 0.3 is 17.9 Å². The van der Waals surface area contributed by atoms with Gasteiger partial charge in [-0.05, 0) is 0 Å². The number of hydroxylamine groups is 6. The van der Waals surface area contributed by atoms with E-state index in [1.165, 1.54) is 0 Å². The second kappa shape index (κ2) is 14.2. The smallest absolute Gasteiger partial charge is 0.314 e. The normalized spacial score (nSPS) is 27.8. The first-order valence-corrected chi connectivity index (χ1v) is 9.62. The van der Waals surface area contributed by atoms with E-state index in [0.717, 1.165) is 0 Å². The quantitative estimate of drug-likeness (QED) is 0.0678. The zero-order chi connectivity index (χ0) is 25.1. The molecule has 8 unspecified atom stereocenters. The van der Waals surface area contributed by atoms with Crippen LogP contribution in [0.3, 0.4) is 0 Å². The number of esters is 3. The largest absolute Gasteiger partial charge is 0.600 e. The van der Waals surface area contributed by atoms with Crippen molar-refractivity contribution in [3.05, 3.63) is 15.6 Å². The average Bonchev–Trinajstić information content (AvgIpc) is 2.73. The van der Waals surface area contributed by atoms with Gasteiger partial charge in [0.05, 0.1) is 19.3 Å². The van der Waals surface area contributed by atoms with E-state index in [9.17, 15) is 40.2 Å². The predicted octanol–water partition coefficient (Wildman–Crippen LogP) is -7.08. The third-order valence-electron chi connectivity index (χ3n) is 4.20. The summed E-state index contributed by atoms with van der Waals surface area (Å²) in [4.78, 5) is 35.4. The highest BCUT2D eigenvalue weighted by Gasteiger charge is 2.49. The lowest BCUT2D eigenvalue weighted by Gasteiger charge is -2.41. The average molecular weight is 489 g/mol. The Morgan fingerprint density at radius 2 is 1.21 bits per heavy atom. The molecule has 1 aliphatic heterocycles. The maximum Gasteiger partial charge on any atom is 0.314 e. The van der Waals surface area contributed by atoms with Gasteiger partial charge in [-0.25, -0.2) is 31.3 Å². The number of ether oxygens (including phenoxy) is 4. The zero-order valence-corrected chi connectivity index (χ0v) is 17.2. The van der Waals surface area contributed by atoms with E-state index in [1.807, 2.05) is 0 Å². The van der Waals surface area contributed by atoms with E-state index < -0.39 is 110 Å². The third-order valence-corrected chi connectivity index (χ3v) is 4.20. The van der Waals surface area contributed by atoms with E-state index in [2.05, 4.69) is 0 Å². The monoisotopic (exact) mass is 489 g/mol. The number of carbonyl (C=O) groups is 3. The molecule has 18 nitrogen and oxygen atoms in total. The Hall–Kier alpha value is -2.07. The van der Waals surface area contributed by atoms with Crippen LogP contribution in [0.2, 0.25) is 0 Å². The molecule has 1 saturated heterocycles. The maximum atomic E-state index is 11.9. The molecule has 1 rings (SSSR count). The molecule has 0 aliphatic carbocycles. The van der Waals surface area contributed by atoms with Crippen LogP contribution >= 0.6 is 0 Å². The minimum atomic E-state index is -1.94. The number of hydrogen-bond donors (Lipinski definition) is 8. The zero-order valence-electron chi connectivity index (χ0n) is 17.2. The molecule has 0 aromatic rings. The Balaban J connectivity index is 2.85. The summed E-state index contributed by atoms with van der Waals surface area (Å²) in [5.74, 6) is -3.20. The van der Waals surface area contributed by atoms with Crippen molar-refractivity contribution in [2.24, 2.45) is 0 Å². The van der Waals surface area contributed by atoms with Crippen LogP contribution in [0.1, 0.15) is 19.3 Å². The number of quaternary nitrogens is 3. The van der Waals surface area contributed by atoms with Crippen molar-refractivity contribution in [1.82, 2.24) is 0 Å². The summed E-state index contributed by atoms with van der Waals surface area (Å²) < 4.78 is 19.9. The molecule has 0 spiro atoms. The van der Waals surface area contributed by atoms with Crippen molar-refractivity contribution >= 4 is 17.9 Å². The lowest BCUT2D eigenvalue weighted by atomic mass is 9.99. The summed E-state index contributed by atoms with van der Waals surface area (Å²) in [5, 5.41) is 74.2. The van der Waals surface area contributed by atoms with Crippen LogP contribution in [0.4, 0.5) is 0 Å². The Kier molecular flexibility index (Phi) is 12.5. The van der Waals surface area contributed by atoms with Crippen LogP contribution in [-0.4, -0.2) is 101 Å². The van der Waals surface area contributed by atoms with E-state index in [1.54, 1.807) is 0 Å². The first-order chi connectivity index (χ1) is 15.4. The van der Waals surface area contributed by atoms with Crippen LogP contribution in [0.5, 0.6) is 0 Å². The van der Waals surface area contributed by atoms with Crippen molar-refractivity contribution in [3.8, 4) is 0 Å². The van der Waals surface area contributed by atoms with E-state index >= 15 is 0 Å². The van der Waals surface area contributed by atoms with Crippen molar-refractivity contribution in [1.29, 1.82) is 0 Å². The number of nitrogens with one attached hydrogen (secondary N) is 3. The van der Waals surface area contributed by atoms with Crippen LogP contribution in [0.25, 0.3) is 0 Å². The van der Waals surface area contributed by atoms with Gasteiger partial charge in [0.1, 0.15) is 44.6 Å². The van der Waals surface area contributed by atoms with Crippen LogP contribution in [0, 0.1) is 15.6 Å². The highest BCUT2D eigenvalue weighted by atomic mass is 16.8. The molecule has 0 aromatic heterocycles. The fourth-order valence-corrected chi connectivity index (χ4v) is 2.54. The van der Waals surface area contributed by atoms with E-state index in [0.29, 0.717) is 0 Å². The number of carbonyl (C=O) groups excluding carboxylic acids is 3. The third kappa shape index (κ3) is 11.1. The molecule has 0 aromatic carbocycles. The highest BCUT2D eigenvalue weighted by molar-refractivity contribution is 5.71. The molecule has 0 saturated carbocycles. The number of rotatable bonds is 13. The Morgan fingerprint density at radius 3 is 1.70 bits per heavy atom. The molecule has 0 bridgehead atoms. The first-order valence-electron chi connectivity index (χ1n) is 9.62. The molecule has 0 amide bonds. The molecule has 192 valence electrons. The first kappa shape index (κ1) is 29.0. The predicted molar refractivity (Wildman–Crippen MR) is 94.4 cm³/mol. The molecule has 1 heterocycles. The topological polar surface area (TPSA) is 272 Å². The molecule has 1 aliphatic rings. The second-order valence-corrected chi connectivity index (χ2v) is 6.83. The van der Waals surface area contributed by atoms with E-state index in [-0.39, 0.29) is 0 Å². The van der Waals surface area contributed by atoms with Gasteiger partial charge in [0.2, 0.25) is 6.29 Å². The fourth-order valence-electron chi connectivity index (χ4n) is 2.54. The molecule has 33 heavy (non-hydrogen) atoms. The molecule has 18 heteroatoms. The Morgan fingerprint density at radius 1 is 0.758 bits per heavy atom. The lowest BCUT2D eigenvalue weighted by molar-refractivity contribution is -1.05. The molecule has 8 atom stereocenters. The van der Waals surface area contributed by atoms with Crippen molar-refractivity contribution in [3.63, 3.8) is 0 Å². The highest BCUT2D eigenvalue weighted by Crippen LogP contribution is 2.25. The Bertz CT molecular complexity index is 632. The summed E-state index contributed by atoms with van der Waals surface area (Å²) >= 11 is 0. The second-order valence-electron chi connectivity index (χ2n) is 6.83. The summed E-state index contributed by atoms with van der Waals surface area (Å²) in [6, 6.07) is 0. The van der Waals surface area contributed by atoms with Crippen LogP contribution < -0.4 is 15.7 Å². The lowest BCUT2D eigenvalue weighted by Crippen LogP contribution is -3.04. The summed E-state index contributed by atoms with van der Waals surface area (Å²) in [7, 11) is 0. The SMILES string of the molecule is O=C(CC[NH+]([O-])O)OCC1OC(OC(=O)CC[NH+]([O-])O)C(OC(=O)CC[NH+]([O-])O)C(O)C1O. The number of aliphatic hydroxyl groups excluding tert-OH is 2. The van der Waals surface area contributed by atoms with Gasteiger partial charge in [-0.2, -0.15) is 0 Å². The van der Waals surface area contributed by atoms with Gasteiger partial charge < -0.3 is 44.8 Å². The van der Waals surface area contributed by atoms with Gasteiger partial charge in [0.25, 0.3) is 0 Å². The minimum absolute atomic E-state index is 0.488. The van der Waals surface area contributed by atoms with Gasteiger partial charge in [-0.1, -0.05) is 0 Å². The van der Waals surface area contributed by atoms with Crippen molar-refractivity contribution in [2.45, 2.75) is 50.0 Å². The number of hydrogen-bond acceptors (Lipinski definition) is 15. The van der Waals surface area contributed by atoms with Gasteiger partial charge in [0.15, 0.2) is 6.10 Å². The Labute approximate surface area is 185 Å². The molecular formula is C15H27N3O15. The van der Waals surface area contributed by atoms with Gasteiger partial charge in [-0.3, -0.25) is 14.4 Å². The van der Waals surface area contributed by atoms with E-state index in [4.69, 9.17) is 34.6 Å². The van der Waals surface area contributed by atoms with Crippen LogP contribution in [-0.2, 0) is 33.3 Å². The summed E-state index contributed by atoms with van der Waals surface area (Å²) in [6.07, 6.45) is -10.6. The summed E-state index contributed by atoms with van der Waals surface area (Å²) in [6.45, 7) is -2.43. The van der Waals surface area contributed by atoms with Crippen LogP contribution in [0.15, 0.2) is 0 Å². The molecule has 1 fully saturated rings. The minimum Gasteiger partial charge on any atom is -0.600 e. The van der Waals surface area contributed by atoms with Crippen molar-refractivity contribution < 1.29 is 74.8 Å². The standard InChI is InChI=1S/C15H27N3O15/c19-9(1-4-16(24)25)30-7-8-12(22)13(23)14(32-10(20)2-5-17(26)27)15(31-8)33-11(21)3-6-18(28)29/h8,12-18,22-24,26,28H,1-7H2. The molecular weight excluding hydrogens is 462 g/mol. The van der Waals surface area contributed by atoms with Gasteiger partial charge in [0, 0.05) is 0 Å². The molecule has 0 radical (unpaired) electrons. The molecule has 8 N–H and O–H groups in total. The van der Waals surface area contributed by atoms with Crippen molar-refractivity contribution in [2.75, 3.05) is 26.2 Å². The van der Waals surface area contributed by atoms with Gasteiger partial charge in [-0.15, -0.1) is 0 Å². The maximum absolute atomic E-state index is 11.9. The number of aliphatic hydroxyl groups is 2.